The Balaban J connectivity index is -0.00000146. The molecule has 2 amide bonds. The van der Waals surface area contributed by atoms with E-state index in [0.29, 0.717) is 13.1 Å². The second-order valence-corrected chi connectivity index (χ2v) is 7.41. The van der Waals surface area contributed by atoms with Gasteiger partial charge in [-0.05, 0) is 27.7 Å². The molecule has 0 aromatic heterocycles. The van der Waals surface area contributed by atoms with Crippen LogP contribution in [0.2, 0.25) is 0 Å². The van der Waals surface area contributed by atoms with Gasteiger partial charge in [0.1, 0.15) is 12.5 Å². The number of ether oxygens (including phenoxy) is 1. The summed E-state index contributed by atoms with van der Waals surface area (Å²) in [5.74, 6) is -1.15. The normalized spacial score (nSPS) is 10.9. The minimum atomic E-state index is -0.907. The third-order valence-electron chi connectivity index (χ3n) is 3.54. The lowest BCUT2D eigenvalue weighted by Crippen LogP contribution is -2.57. The zero-order valence-corrected chi connectivity index (χ0v) is 20.1. The molecular formula is C20H40N2O5S. The molecule has 7 nitrogen and oxygen atoms in total. The standard InChI is InChI=1S/C16H28N2O5S.2C2H6/c1-7-11(19)17-14(15(22)18(8-2)9-3)16(4,5)24-13(21)10-12(20)23-6;2*1-2/h14H,7-10H2,1-6H3,(H,17,19);2*1-2H3. The van der Waals surface area contributed by atoms with E-state index in [1.54, 1.807) is 25.7 Å². The highest BCUT2D eigenvalue weighted by molar-refractivity contribution is 8.14. The quantitative estimate of drug-likeness (QED) is 0.454. The van der Waals surface area contributed by atoms with Gasteiger partial charge in [0.05, 0.1) is 7.11 Å². The first-order valence-corrected chi connectivity index (χ1v) is 10.8. The van der Waals surface area contributed by atoms with E-state index in [4.69, 9.17) is 0 Å². The zero-order chi connectivity index (χ0) is 22.9. The molecule has 8 heteroatoms. The number of methoxy groups -OCH3 is 1. The fourth-order valence-corrected chi connectivity index (χ4v) is 3.15. The molecule has 0 fully saturated rings. The maximum atomic E-state index is 12.8. The molecule has 0 heterocycles. The van der Waals surface area contributed by atoms with E-state index in [9.17, 15) is 19.2 Å². The van der Waals surface area contributed by atoms with Gasteiger partial charge in [-0.15, -0.1) is 0 Å². The second-order valence-electron chi connectivity index (χ2n) is 5.70. The van der Waals surface area contributed by atoms with Crippen molar-refractivity contribution in [3.8, 4) is 0 Å². The first-order valence-electron chi connectivity index (χ1n) is 9.99. The third kappa shape index (κ3) is 12.0. The molecule has 0 saturated heterocycles. The van der Waals surface area contributed by atoms with Gasteiger partial charge in [-0.3, -0.25) is 19.2 Å². The van der Waals surface area contributed by atoms with E-state index >= 15 is 0 Å². The van der Waals surface area contributed by atoms with E-state index in [2.05, 4.69) is 10.1 Å². The molecule has 0 saturated carbocycles. The highest BCUT2D eigenvalue weighted by atomic mass is 32.2. The highest BCUT2D eigenvalue weighted by Crippen LogP contribution is 2.31. The fourth-order valence-electron chi connectivity index (χ4n) is 2.09. The van der Waals surface area contributed by atoms with Gasteiger partial charge in [0.15, 0.2) is 0 Å². The average molecular weight is 421 g/mol. The maximum Gasteiger partial charge on any atom is 0.313 e. The summed E-state index contributed by atoms with van der Waals surface area (Å²) in [4.78, 5) is 49.5. The number of nitrogens with zero attached hydrogens (tertiary/aromatic N) is 1. The number of amides is 2. The van der Waals surface area contributed by atoms with Gasteiger partial charge in [-0.25, -0.2) is 0 Å². The van der Waals surface area contributed by atoms with E-state index in [0.717, 1.165) is 11.8 Å². The SMILES string of the molecule is CC.CC.CCC(=O)NC(C(=O)N(CC)CC)C(C)(C)SC(=O)CC(=O)OC. The fraction of sp³-hybridized carbons (Fsp3) is 0.800. The van der Waals surface area contributed by atoms with Crippen LogP contribution in [0.15, 0.2) is 0 Å². The van der Waals surface area contributed by atoms with Crippen LogP contribution in [0.25, 0.3) is 0 Å². The zero-order valence-electron chi connectivity index (χ0n) is 19.3. The summed E-state index contributed by atoms with van der Waals surface area (Å²) in [5.41, 5.74) is 0. The molecule has 1 atom stereocenters. The van der Waals surface area contributed by atoms with Crippen LogP contribution in [0.3, 0.4) is 0 Å². The van der Waals surface area contributed by atoms with Crippen molar-refractivity contribution >= 4 is 34.7 Å². The summed E-state index contributed by atoms with van der Waals surface area (Å²) < 4.78 is 3.57. The van der Waals surface area contributed by atoms with Gasteiger partial charge in [0, 0.05) is 24.3 Å². The first-order chi connectivity index (χ1) is 13.1. The van der Waals surface area contributed by atoms with Crippen LogP contribution < -0.4 is 5.32 Å². The van der Waals surface area contributed by atoms with Crippen LogP contribution in [0.1, 0.15) is 75.2 Å². The number of carbonyl (C=O) groups excluding carboxylic acids is 4. The number of nitrogens with one attached hydrogen (secondary N) is 1. The lowest BCUT2D eigenvalue weighted by molar-refractivity contribution is -0.142. The molecule has 0 aromatic carbocycles. The van der Waals surface area contributed by atoms with Crippen molar-refractivity contribution in [1.29, 1.82) is 0 Å². The molecule has 28 heavy (non-hydrogen) atoms. The van der Waals surface area contributed by atoms with Crippen LogP contribution in [0.4, 0.5) is 0 Å². The molecule has 0 aromatic rings. The molecular weight excluding hydrogens is 380 g/mol. The lowest BCUT2D eigenvalue weighted by Gasteiger charge is -2.35. The van der Waals surface area contributed by atoms with Crippen LogP contribution in [0, 0.1) is 0 Å². The largest absolute Gasteiger partial charge is 0.469 e. The van der Waals surface area contributed by atoms with Crippen molar-refractivity contribution in [2.45, 2.75) is 85.9 Å². The third-order valence-corrected chi connectivity index (χ3v) is 4.67. The van der Waals surface area contributed by atoms with Gasteiger partial charge >= 0.3 is 5.97 Å². The van der Waals surface area contributed by atoms with Gasteiger partial charge in [0.2, 0.25) is 16.9 Å². The lowest BCUT2D eigenvalue weighted by atomic mass is 10.0. The topological polar surface area (TPSA) is 92.8 Å². The van der Waals surface area contributed by atoms with E-state index in [-0.39, 0.29) is 24.7 Å². The van der Waals surface area contributed by atoms with E-state index in [1.807, 2.05) is 41.5 Å². The first kappa shape index (κ1) is 31.1. The summed E-state index contributed by atoms with van der Waals surface area (Å²) in [7, 11) is 1.21. The van der Waals surface area contributed by atoms with Gasteiger partial charge in [0.25, 0.3) is 0 Å². The molecule has 0 aliphatic rings. The van der Waals surface area contributed by atoms with Crippen LogP contribution in [0.5, 0.6) is 0 Å². The number of likely N-dealkylation sites (N-methyl/N-ethyl adjacent to an activating group) is 1. The molecule has 1 N–H and O–H groups in total. The molecule has 0 aliphatic carbocycles. The van der Waals surface area contributed by atoms with Crippen LogP contribution in [-0.4, -0.2) is 58.8 Å². The molecule has 0 rings (SSSR count). The molecule has 0 bridgehead atoms. The molecule has 166 valence electrons. The van der Waals surface area contributed by atoms with Crippen molar-refractivity contribution in [1.82, 2.24) is 10.2 Å². The highest BCUT2D eigenvalue weighted by Gasteiger charge is 2.40. The van der Waals surface area contributed by atoms with Gasteiger partial charge in [-0.2, -0.15) is 0 Å². The average Bonchev–Trinajstić information content (AvgIpc) is 2.68. The monoisotopic (exact) mass is 420 g/mol. The molecule has 0 spiro atoms. The van der Waals surface area contributed by atoms with Crippen molar-refractivity contribution < 1.29 is 23.9 Å². The van der Waals surface area contributed by atoms with Crippen LogP contribution >= 0.6 is 11.8 Å². The number of rotatable bonds is 9. The Morgan fingerprint density at radius 3 is 1.82 bits per heavy atom. The Morgan fingerprint density at radius 1 is 1.00 bits per heavy atom. The predicted octanol–water partition coefficient (Wildman–Crippen LogP) is 3.40. The van der Waals surface area contributed by atoms with Crippen molar-refractivity contribution in [3.63, 3.8) is 0 Å². The molecule has 0 aliphatic heterocycles. The number of thioether (sulfide) groups is 1. The molecule has 1 unspecified atom stereocenters. The Hall–Kier alpha value is -1.57. The Morgan fingerprint density at radius 2 is 1.46 bits per heavy atom. The summed E-state index contributed by atoms with van der Waals surface area (Å²) >= 11 is 0.871. The van der Waals surface area contributed by atoms with Crippen molar-refractivity contribution in [3.05, 3.63) is 0 Å². The predicted molar refractivity (Wildman–Crippen MR) is 116 cm³/mol. The minimum absolute atomic E-state index is 0.235. The maximum absolute atomic E-state index is 12.8. The number of hydrogen-bond donors (Lipinski definition) is 1. The van der Waals surface area contributed by atoms with Gasteiger partial charge < -0.3 is 15.0 Å². The van der Waals surface area contributed by atoms with Gasteiger partial charge in [-0.1, -0.05) is 46.4 Å². The Kier molecular flexibility index (Phi) is 19.5. The Bertz CT molecular complexity index is 477. The van der Waals surface area contributed by atoms with E-state index < -0.39 is 21.9 Å². The summed E-state index contributed by atoms with van der Waals surface area (Å²) in [6.45, 7) is 17.8. The van der Waals surface area contributed by atoms with Crippen LogP contribution in [-0.2, 0) is 23.9 Å². The van der Waals surface area contributed by atoms with Crippen molar-refractivity contribution in [2.75, 3.05) is 20.2 Å². The Labute approximate surface area is 175 Å². The van der Waals surface area contributed by atoms with Crippen molar-refractivity contribution in [2.24, 2.45) is 0 Å². The van der Waals surface area contributed by atoms with E-state index in [1.165, 1.54) is 7.11 Å². The second kappa shape index (κ2) is 17.5. The summed E-state index contributed by atoms with van der Waals surface area (Å²) in [5, 5.41) is 2.30. The number of esters is 1. The molecule has 0 radical (unpaired) electrons. The number of carbonyl (C=O) groups is 4. The smallest absolute Gasteiger partial charge is 0.313 e. The summed E-state index contributed by atoms with van der Waals surface area (Å²) in [6.07, 6.45) is -0.141. The minimum Gasteiger partial charge on any atom is -0.469 e. The summed E-state index contributed by atoms with van der Waals surface area (Å²) in [6, 6.07) is -0.864. The number of hydrogen-bond acceptors (Lipinski definition) is 6.